The third-order valence-electron chi connectivity index (χ3n) is 3.11. The van der Waals surface area contributed by atoms with Gasteiger partial charge in [-0.05, 0) is 31.9 Å². The standard InChI is InChI=1S/C15H24N2O3/c1-3-5-11-17(4-2)14(18)9-6-10-16-15(19)13-8-7-12-20-13/h7-8,12H,3-6,9-11H2,1-2H3,(H,16,19). The minimum Gasteiger partial charge on any atom is -0.459 e. The van der Waals surface area contributed by atoms with E-state index in [9.17, 15) is 9.59 Å². The van der Waals surface area contributed by atoms with Gasteiger partial charge in [0.2, 0.25) is 5.91 Å². The maximum atomic E-state index is 11.9. The Morgan fingerprint density at radius 2 is 2.10 bits per heavy atom. The van der Waals surface area contributed by atoms with Crippen molar-refractivity contribution in [1.29, 1.82) is 0 Å². The fourth-order valence-electron chi connectivity index (χ4n) is 1.90. The fourth-order valence-corrected chi connectivity index (χ4v) is 1.90. The lowest BCUT2D eigenvalue weighted by Crippen LogP contribution is -2.32. The van der Waals surface area contributed by atoms with E-state index in [0.717, 1.165) is 25.9 Å². The molecule has 0 aliphatic heterocycles. The van der Waals surface area contributed by atoms with Gasteiger partial charge in [0.05, 0.1) is 6.26 Å². The summed E-state index contributed by atoms with van der Waals surface area (Å²) in [5.74, 6) is 0.225. The summed E-state index contributed by atoms with van der Waals surface area (Å²) in [5, 5.41) is 2.74. The molecule has 0 aliphatic carbocycles. The molecule has 0 aromatic carbocycles. The number of unbranched alkanes of at least 4 members (excludes halogenated alkanes) is 1. The van der Waals surface area contributed by atoms with Crippen molar-refractivity contribution < 1.29 is 14.0 Å². The molecule has 0 saturated heterocycles. The van der Waals surface area contributed by atoms with E-state index >= 15 is 0 Å². The average molecular weight is 280 g/mol. The van der Waals surface area contributed by atoms with E-state index in [1.165, 1.54) is 6.26 Å². The van der Waals surface area contributed by atoms with Gasteiger partial charge < -0.3 is 14.6 Å². The summed E-state index contributed by atoms with van der Waals surface area (Å²) in [6.07, 6.45) is 4.70. The zero-order chi connectivity index (χ0) is 14.8. The highest BCUT2D eigenvalue weighted by atomic mass is 16.3. The van der Waals surface area contributed by atoms with Gasteiger partial charge in [-0.25, -0.2) is 0 Å². The molecule has 1 rings (SSSR count). The molecule has 0 fully saturated rings. The van der Waals surface area contributed by atoms with Crippen LogP contribution in [0.15, 0.2) is 22.8 Å². The van der Waals surface area contributed by atoms with Crippen LogP contribution in [0.1, 0.15) is 50.1 Å². The monoisotopic (exact) mass is 280 g/mol. The van der Waals surface area contributed by atoms with Crippen LogP contribution in [0.5, 0.6) is 0 Å². The van der Waals surface area contributed by atoms with Crippen molar-refractivity contribution in [3.8, 4) is 0 Å². The van der Waals surface area contributed by atoms with Crippen LogP contribution in [-0.4, -0.2) is 36.3 Å². The van der Waals surface area contributed by atoms with Crippen molar-refractivity contribution in [2.24, 2.45) is 0 Å². The highest BCUT2D eigenvalue weighted by Crippen LogP contribution is 2.02. The quantitative estimate of drug-likeness (QED) is 0.707. The van der Waals surface area contributed by atoms with E-state index in [0.29, 0.717) is 25.1 Å². The maximum absolute atomic E-state index is 11.9. The van der Waals surface area contributed by atoms with Crippen LogP contribution in [0, 0.1) is 0 Å². The summed E-state index contributed by atoms with van der Waals surface area (Å²) in [7, 11) is 0. The SMILES string of the molecule is CCCCN(CC)C(=O)CCCNC(=O)c1ccco1. The Morgan fingerprint density at radius 1 is 1.30 bits per heavy atom. The Kier molecular flexibility index (Phi) is 7.47. The summed E-state index contributed by atoms with van der Waals surface area (Å²) in [6.45, 7) is 6.16. The molecule has 1 N–H and O–H groups in total. The number of furan rings is 1. The first-order chi connectivity index (χ1) is 9.69. The lowest BCUT2D eigenvalue weighted by Gasteiger charge is -2.20. The smallest absolute Gasteiger partial charge is 0.286 e. The summed E-state index contributed by atoms with van der Waals surface area (Å²) in [4.78, 5) is 25.4. The minimum absolute atomic E-state index is 0.160. The summed E-state index contributed by atoms with van der Waals surface area (Å²) in [5.41, 5.74) is 0. The van der Waals surface area contributed by atoms with Gasteiger partial charge in [-0.15, -0.1) is 0 Å². The normalized spacial score (nSPS) is 10.3. The average Bonchev–Trinajstić information content (AvgIpc) is 2.98. The molecule has 2 amide bonds. The van der Waals surface area contributed by atoms with Gasteiger partial charge in [0.1, 0.15) is 0 Å². The van der Waals surface area contributed by atoms with Crippen LogP contribution in [-0.2, 0) is 4.79 Å². The second-order valence-electron chi connectivity index (χ2n) is 4.66. The Labute approximate surface area is 120 Å². The van der Waals surface area contributed by atoms with Crippen molar-refractivity contribution >= 4 is 11.8 Å². The van der Waals surface area contributed by atoms with Crippen LogP contribution < -0.4 is 5.32 Å². The van der Waals surface area contributed by atoms with Crippen LogP contribution in [0.4, 0.5) is 0 Å². The van der Waals surface area contributed by atoms with Gasteiger partial charge in [-0.1, -0.05) is 13.3 Å². The first-order valence-corrected chi connectivity index (χ1v) is 7.28. The molecule has 112 valence electrons. The van der Waals surface area contributed by atoms with E-state index in [4.69, 9.17) is 4.42 Å². The molecule has 0 radical (unpaired) electrons. The number of rotatable bonds is 9. The van der Waals surface area contributed by atoms with E-state index in [1.54, 1.807) is 12.1 Å². The number of carbonyl (C=O) groups excluding carboxylic acids is 2. The van der Waals surface area contributed by atoms with Crippen molar-refractivity contribution in [2.45, 2.75) is 39.5 Å². The molecule has 0 saturated carbocycles. The third-order valence-corrected chi connectivity index (χ3v) is 3.11. The van der Waals surface area contributed by atoms with Crippen molar-refractivity contribution in [3.63, 3.8) is 0 Å². The second kappa shape index (κ2) is 9.18. The van der Waals surface area contributed by atoms with Crippen molar-refractivity contribution in [1.82, 2.24) is 10.2 Å². The topological polar surface area (TPSA) is 62.6 Å². The minimum atomic E-state index is -0.235. The number of hydrogen-bond acceptors (Lipinski definition) is 3. The van der Waals surface area contributed by atoms with Crippen molar-refractivity contribution in [2.75, 3.05) is 19.6 Å². The Balaban J connectivity index is 2.19. The number of hydrogen-bond donors (Lipinski definition) is 1. The molecule has 1 aromatic rings. The second-order valence-corrected chi connectivity index (χ2v) is 4.66. The van der Waals surface area contributed by atoms with E-state index in [2.05, 4.69) is 12.2 Å². The summed E-state index contributed by atoms with van der Waals surface area (Å²) >= 11 is 0. The summed E-state index contributed by atoms with van der Waals surface area (Å²) < 4.78 is 4.99. The molecule has 0 bridgehead atoms. The fraction of sp³-hybridized carbons (Fsp3) is 0.600. The molecule has 0 spiro atoms. The maximum Gasteiger partial charge on any atom is 0.286 e. The molecular weight excluding hydrogens is 256 g/mol. The Bertz CT molecular complexity index is 401. The number of amides is 2. The van der Waals surface area contributed by atoms with E-state index in [1.807, 2.05) is 11.8 Å². The predicted molar refractivity (Wildman–Crippen MR) is 77.4 cm³/mol. The molecule has 1 aromatic heterocycles. The third kappa shape index (κ3) is 5.47. The predicted octanol–water partition coefficient (Wildman–Crippen LogP) is 2.44. The molecule has 0 atom stereocenters. The van der Waals surface area contributed by atoms with Gasteiger partial charge in [0.25, 0.3) is 5.91 Å². The van der Waals surface area contributed by atoms with Gasteiger partial charge in [0.15, 0.2) is 5.76 Å². The van der Waals surface area contributed by atoms with E-state index in [-0.39, 0.29) is 11.8 Å². The molecule has 0 aliphatic rings. The number of carbonyl (C=O) groups is 2. The zero-order valence-corrected chi connectivity index (χ0v) is 12.4. The van der Waals surface area contributed by atoms with E-state index < -0.39 is 0 Å². The first kappa shape index (κ1) is 16.3. The Morgan fingerprint density at radius 3 is 2.70 bits per heavy atom. The summed E-state index contributed by atoms with van der Waals surface area (Å²) in [6, 6.07) is 3.29. The lowest BCUT2D eigenvalue weighted by molar-refractivity contribution is -0.131. The highest BCUT2D eigenvalue weighted by Gasteiger charge is 2.11. The van der Waals surface area contributed by atoms with Crippen LogP contribution in [0.3, 0.4) is 0 Å². The van der Waals surface area contributed by atoms with Crippen LogP contribution in [0.25, 0.3) is 0 Å². The molecule has 20 heavy (non-hydrogen) atoms. The molecule has 5 nitrogen and oxygen atoms in total. The number of nitrogens with zero attached hydrogens (tertiary/aromatic N) is 1. The number of nitrogens with one attached hydrogen (secondary N) is 1. The van der Waals surface area contributed by atoms with Crippen LogP contribution in [0.2, 0.25) is 0 Å². The van der Waals surface area contributed by atoms with Gasteiger partial charge in [-0.2, -0.15) is 0 Å². The molecular formula is C15H24N2O3. The van der Waals surface area contributed by atoms with Crippen LogP contribution >= 0.6 is 0 Å². The molecule has 1 heterocycles. The Hall–Kier alpha value is -1.78. The van der Waals surface area contributed by atoms with Gasteiger partial charge in [0, 0.05) is 26.1 Å². The molecule has 5 heteroatoms. The highest BCUT2D eigenvalue weighted by molar-refractivity contribution is 5.91. The molecule has 0 unspecified atom stereocenters. The first-order valence-electron chi connectivity index (χ1n) is 7.28. The van der Waals surface area contributed by atoms with Crippen molar-refractivity contribution in [3.05, 3.63) is 24.2 Å². The zero-order valence-electron chi connectivity index (χ0n) is 12.4. The lowest BCUT2D eigenvalue weighted by atomic mass is 10.2. The van der Waals surface area contributed by atoms with Gasteiger partial charge >= 0.3 is 0 Å². The largest absolute Gasteiger partial charge is 0.459 e. The van der Waals surface area contributed by atoms with Gasteiger partial charge in [-0.3, -0.25) is 9.59 Å².